The van der Waals surface area contributed by atoms with Crippen molar-refractivity contribution in [3.8, 4) is 28.7 Å². The predicted molar refractivity (Wildman–Crippen MR) is 163 cm³/mol. The molecule has 7 nitrogen and oxygen atoms in total. The van der Waals surface area contributed by atoms with Crippen LogP contribution >= 0.6 is 0 Å². The van der Waals surface area contributed by atoms with Gasteiger partial charge in [0.1, 0.15) is 0 Å². The van der Waals surface area contributed by atoms with Crippen molar-refractivity contribution in [2.24, 2.45) is 0 Å². The lowest BCUT2D eigenvalue weighted by Gasteiger charge is -2.48. The van der Waals surface area contributed by atoms with Crippen molar-refractivity contribution in [3.63, 3.8) is 0 Å². The summed E-state index contributed by atoms with van der Waals surface area (Å²) in [5.41, 5.74) is 5.33. The number of aliphatic hydroxyl groups is 1. The van der Waals surface area contributed by atoms with Crippen molar-refractivity contribution in [1.29, 1.82) is 0 Å². The molecule has 4 aromatic rings. The molecule has 0 saturated heterocycles. The Kier molecular flexibility index (Phi) is 9.20. The second-order valence-electron chi connectivity index (χ2n) is 10.3. The fourth-order valence-electron chi connectivity index (χ4n) is 6.33. The minimum absolute atomic E-state index is 0.0412. The zero-order chi connectivity index (χ0) is 29.6. The summed E-state index contributed by atoms with van der Waals surface area (Å²) in [6.07, 6.45) is 1.55. The third-order valence-corrected chi connectivity index (χ3v) is 8.16. The zero-order valence-corrected chi connectivity index (χ0v) is 24.9. The van der Waals surface area contributed by atoms with Gasteiger partial charge in [0.2, 0.25) is 5.75 Å². The van der Waals surface area contributed by atoms with Crippen LogP contribution in [-0.2, 0) is 12.8 Å². The van der Waals surface area contributed by atoms with E-state index in [2.05, 4.69) is 47.4 Å². The van der Waals surface area contributed by atoms with Crippen LogP contribution in [0.25, 0.3) is 0 Å². The lowest BCUT2D eigenvalue weighted by atomic mass is 9.80. The van der Waals surface area contributed by atoms with E-state index in [9.17, 15) is 5.11 Å². The van der Waals surface area contributed by atoms with Crippen LogP contribution in [0.5, 0.6) is 28.7 Å². The largest absolute Gasteiger partial charge is 0.493 e. The van der Waals surface area contributed by atoms with Gasteiger partial charge in [-0.1, -0.05) is 66.7 Å². The normalized spacial score (nSPS) is 17.2. The van der Waals surface area contributed by atoms with Gasteiger partial charge in [-0.15, -0.1) is 0 Å². The first-order valence-electron chi connectivity index (χ1n) is 14.1. The number of nitrogens with zero attached hydrogens (tertiary/aromatic N) is 1. The first-order chi connectivity index (χ1) is 20.6. The van der Waals surface area contributed by atoms with E-state index in [4.69, 9.17) is 23.7 Å². The summed E-state index contributed by atoms with van der Waals surface area (Å²) >= 11 is 0. The van der Waals surface area contributed by atoms with E-state index in [1.807, 2.05) is 42.5 Å². The van der Waals surface area contributed by atoms with Gasteiger partial charge in [-0.2, -0.15) is 0 Å². The summed E-state index contributed by atoms with van der Waals surface area (Å²) in [5, 5.41) is 11.1. The highest BCUT2D eigenvalue weighted by atomic mass is 16.5. The summed E-state index contributed by atoms with van der Waals surface area (Å²) in [6.45, 7) is -0.0716. The Balaban J connectivity index is 1.82. The van der Waals surface area contributed by atoms with Gasteiger partial charge in [-0.25, -0.2) is 0 Å². The molecule has 220 valence electrons. The van der Waals surface area contributed by atoms with E-state index >= 15 is 0 Å². The third kappa shape index (κ3) is 5.50. The highest BCUT2D eigenvalue weighted by Crippen LogP contribution is 2.52. The maximum atomic E-state index is 11.1. The average molecular weight is 570 g/mol. The predicted octanol–water partition coefficient (Wildman–Crippen LogP) is 6.02. The summed E-state index contributed by atoms with van der Waals surface area (Å²) in [4.78, 5) is 2.42. The van der Waals surface area contributed by atoms with Crippen LogP contribution in [0.1, 0.15) is 39.9 Å². The van der Waals surface area contributed by atoms with Gasteiger partial charge in [-0.05, 0) is 53.3 Å². The molecule has 0 aliphatic carbocycles. The van der Waals surface area contributed by atoms with Gasteiger partial charge in [0.25, 0.3) is 0 Å². The van der Waals surface area contributed by atoms with Crippen LogP contribution in [0, 0.1) is 0 Å². The molecule has 0 bridgehead atoms. The number of fused-ring (bicyclic) bond motifs is 1. The van der Waals surface area contributed by atoms with E-state index in [-0.39, 0.29) is 24.7 Å². The van der Waals surface area contributed by atoms with Crippen molar-refractivity contribution in [2.75, 3.05) is 42.2 Å². The zero-order valence-electron chi connectivity index (χ0n) is 24.9. The topological polar surface area (TPSA) is 69.6 Å². The van der Waals surface area contributed by atoms with Gasteiger partial charge in [0.05, 0.1) is 54.2 Å². The standard InChI is InChI=1S/C35H39NO6/c1-38-29-17-16-25-19-27(18-23-12-8-6-9-13-23)36(28(22-37)24-14-10-7-11-15-24)33(32(25)35(29)42-5)26-20-30(39-2)34(41-4)31(21-26)40-3/h6-17,20-21,27-28,33,37H,18-19,22H2,1-5H3/t27-,28+,33+/m1/s1. The number of aliphatic hydroxyl groups excluding tert-OH is 1. The van der Waals surface area contributed by atoms with Gasteiger partial charge in [0.15, 0.2) is 23.0 Å². The Hall–Kier alpha value is -4.20. The molecule has 0 spiro atoms. The molecule has 1 N–H and O–H groups in total. The number of methoxy groups -OCH3 is 5. The molecule has 3 atom stereocenters. The molecule has 0 unspecified atom stereocenters. The van der Waals surface area contributed by atoms with Crippen molar-refractivity contribution in [2.45, 2.75) is 31.0 Å². The van der Waals surface area contributed by atoms with E-state index < -0.39 is 0 Å². The molecular formula is C35H39NO6. The number of rotatable bonds is 11. The van der Waals surface area contributed by atoms with E-state index in [0.29, 0.717) is 28.7 Å². The summed E-state index contributed by atoms with van der Waals surface area (Å²) in [6, 6.07) is 28.1. The van der Waals surface area contributed by atoms with Crippen LogP contribution in [0.4, 0.5) is 0 Å². The molecule has 0 amide bonds. The number of hydrogen-bond acceptors (Lipinski definition) is 7. The van der Waals surface area contributed by atoms with Crippen molar-refractivity contribution in [3.05, 3.63) is 113 Å². The van der Waals surface area contributed by atoms with Crippen LogP contribution < -0.4 is 23.7 Å². The van der Waals surface area contributed by atoms with Crippen molar-refractivity contribution < 1.29 is 28.8 Å². The highest BCUT2D eigenvalue weighted by molar-refractivity contribution is 5.60. The monoisotopic (exact) mass is 569 g/mol. The maximum Gasteiger partial charge on any atom is 0.203 e. The van der Waals surface area contributed by atoms with Crippen LogP contribution in [-0.4, -0.2) is 58.2 Å². The van der Waals surface area contributed by atoms with Crippen LogP contribution in [0.3, 0.4) is 0 Å². The fraction of sp³-hybridized carbons (Fsp3) is 0.314. The quantitative estimate of drug-likeness (QED) is 0.237. The lowest BCUT2D eigenvalue weighted by Crippen LogP contribution is -2.48. The number of hydrogen-bond donors (Lipinski definition) is 1. The summed E-state index contributed by atoms with van der Waals surface area (Å²) in [5.74, 6) is 2.95. The molecule has 0 aromatic heterocycles. The Morgan fingerprint density at radius 3 is 1.86 bits per heavy atom. The Morgan fingerprint density at radius 1 is 0.714 bits per heavy atom. The molecule has 0 fully saturated rings. The summed E-state index contributed by atoms with van der Waals surface area (Å²) in [7, 11) is 8.17. The molecular weight excluding hydrogens is 530 g/mol. The third-order valence-electron chi connectivity index (χ3n) is 8.16. The second-order valence-corrected chi connectivity index (χ2v) is 10.3. The first-order valence-corrected chi connectivity index (χ1v) is 14.1. The van der Waals surface area contributed by atoms with Gasteiger partial charge in [0, 0.05) is 11.6 Å². The Morgan fingerprint density at radius 2 is 1.31 bits per heavy atom. The van der Waals surface area contributed by atoms with Crippen molar-refractivity contribution >= 4 is 0 Å². The Labute approximate surface area is 248 Å². The molecule has 0 radical (unpaired) electrons. The molecule has 0 saturated carbocycles. The van der Waals surface area contributed by atoms with Crippen LogP contribution in [0.15, 0.2) is 84.9 Å². The van der Waals surface area contributed by atoms with Crippen LogP contribution in [0.2, 0.25) is 0 Å². The number of ether oxygens (including phenoxy) is 5. The molecule has 1 heterocycles. The summed E-state index contributed by atoms with van der Waals surface area (Å²) < 4.78 is 29.1. The maximum absolute atomic E-state index is 11.1. The van der Waals surface area contributed by atoms with E-state index in [1.54, 1.807) is 35.5 Å². The molecule has 1 aliphatic heterocycles. The Bertz CT molecular complexity index is 1450. The van der Waals surface area contributed by atoms with Crippen molar-refractivity contribution in [1.82, 2.24) is 4.90 Å². The van der Waals surface area contributed by atoms with E-state index in [1.165, 1.54) is 5.56 Å². The van der Waals surface area contributed by atoms with Gasteiger partial charge >= 0.3 is 0 Å². The SMILES string of the molecule is COc1cc([C@H]2c3c(ccc(OC)c3OC)C[C@@H](Cc3ccccc3)N2[C@@H](CO)c2ccccc2)cc(OC)c1OC. The van der Waals surface area contributed by atoms with Gasteiger partial charge in [-0.3, -0.25) is 4.90 Å². The molecule has 1 aliphatic rings. The van der Waals surface area contributed by atoms with E-state index in [0.717, 1.165) is 35.1 Å². The smallest absolute Gasteiger partial charge is 0.203 e. The molecule has 5 rings (SSSR count). The second kappa shape index (κ2) is 13.2. The number of benzene rings is 4. The average Bonchev–Trinajstić information content (AvgIpc) is 3.04. The molecule has 42 heavy (non-hydrogen) atoms. The minimum Gasteiger partial charge on any atom is -0.493 e. The fourth-order valence-corrected chi connectivity index (χ4v) is 6.33. The molecule has 4 aromatic carbocycles. The first kappa shape index (κ1) is 29.3. The molecule has 7 heteroatoms. The highest BCUT2D eigenvalue weighted by Gasteiger charge is 2.43. The lowest BCUT2D eigenvalue weighted by molar-refractivity contribution is 0.0436. The minimum atomic E-state index is -0.349. The van der Waals surface area contributed by atoms with Gasteiger partial charge < -0.3 is 28.8 Å².